The van der Waals surface area contributed by atoms with Crippen LogP contribution in [0.2, 0.25) is 0 Å². The number of rotatable bonds is 6. The van der Waals surface area contributed by atoms with Gasteiger partial charge < -0.3 is 5.32 Å². The second-order valence-electron chi connectivity index (χ2n) is 4.89. The van der Waals surface area contributed by atoms with Gasteiger partial charge >= 0.3 is 6.18 Å². The average Bonchev–Trinajstić information content (AvgIpc) is 2.96. The molecule has 0 atom stereocenters. The molecule has 21 heavy (non-hydrogen) atoms. The Labute approximate surface area is 120 Å². The Balaban J connectivity index is 1.94. The SMILES string of the molecule is CCCn1cc(CNCc2cn(C)nc2C(F)(F)F)cn1. The molecule has 1 N–H and O–H groups in total. The lowest BCUT2D eigenvalue weighted by atomic mass is 10.2. The van der Waals surface area contributed by atoms with Crippen LogP contribution in [0, 0.1) is 0 Å². The van der Waals surface area contributed by atoms with Gasteiger partial charge in [0.1, 0.15) is 0 Å². The van der Waals surface area contributed by atoms with Crippen LogP contribution in [0.4, 0.5) is 13.2 Å². The Morgan fingerprint density at radius 3 is 2.67 bits per heavy atom. The molecule has 5 nitrogen and oxygen atoms in total. The number of hydrogen-bond donors (Lipinski definition) is 1. The van der Waals surface area contributed by atoms with Crippen LogP contribution in [0.5, 0.6) is 0 Å². The lowest BCUT2D eigenvalue weighted by Gasteiger charge is -2.06. The predicted octanol–water partition coefficient (Wildman–Crippen LogP) is 2.34. The standard InChI is InChI=1S/C13H18F3N5/c1-3-4-21-8-10(6-18-21)5-17-7-11-9-20(2)19-12(11)13(14,15)16/h6,8-9,17H,3-5,7H2,1-2H3. The summed E-state index contributed by atoms with van der Waals surface area (Å²) in [4.78, 5) is 0. The number of aryl methyl sites for hydroxylation is 2. The third-order valence-corrected chi connectivity index (χ3v) is 2.96. The van der Waals surface area contributed by atoms with Crippen molar-refractivity contribution >= 4 is 0 Å². The van der Waals surface area contributed by atoms with E-state index in [2.05, 4.69) is 22.4 Å². The maximum absolute atomic E-state index is 12.8. The topological polar surface area (TPSA) is 47.7 Å². The minimum Gasteiger partial charge on any atom is -0.308 e. The van der Waals surface area contributed by atoms with E-state index >= 15 is 0 Å². The summed E-state index contributed by atoms with van der Waals surface area (Å²) in [6.07, 6.45) is 1.56. The fourth-order valence-electron chi connectivity index (χ4n) is 2.10. The van der Waals surface area contributed by atoms with Crippen molar-refractivity contribution in [1.82, 2.24) is 24.9 Å². The molecule has 0 amide bonds. The van der Waals surface area contributed by atoms with Gasteiger partial charge in [0.2, 0.25) is 0 Å². The molecule has 0 saturated heterocycles. The van der Waals surface area contributed by atoms with E-state index in [-0.39, 0.29) is 12.1 Å². The van der Waals surface area contributed by atoms with Gasteiger partial charge in [0, 0.05) is 50.2 Å². The largest absolute Gasteiger partial charge is 0.435 e. The van der Waals surface area contributed by atoms with Crippen LogP contribution in [-0.2, 0) is 32.9 Å². The summed E-state index contributed by atoms with van der Waals surface area (Å²) < 4.78 is 41.4. The highest BCUT2D eigenvalue weighted by Crippen LogP contribution is 2.30. The first-order chi connectivity index (χ1) is 9.90. The summed E-state index contributed by atoms with van der Waals surface area (Å²) in [5.41, 5.74) is 0.256. The molecule has 0 aliphatic carbocycles. The molecule has 0 unspecified atom stereocenters. The van der Waals surface area contributed by atoms with E-state index in [1.807, 2.05) is 10.9 Å². The van der Waals surface area contributed by atoms with Crippen molar-refractivity contribution < 1.29 is 13.2 Å². The zero-order valence-corrected chi connectivity index (χ0v) is 12.0. The van der Waals surface area contributed by atoms with E-state index in [1.54, 1.807) is 6.20 Å². The van der Waals surface area contributed by atoms with Gasteiger partial charge in [-0.2, -0.15) is 23.4 Å². The molecule has 0 bridgehead atoms. The molecular formula is C13H18F3N5. The Morgan fingerprint density at radius 1 is 1.24 bits per heavy atom. The van der Waals surface area contributed by atoms with Crippen LogP contribution in [0.3, 0.4) is 0 Å². The van der Waals surface area contributed by atoms with Crippen LogP contribution in [0.15, 0.2) is 18.6 Å². The Bertz CT molecular complexity index is 585. The number of halogens is 3. The summed E-state index contributed by atoms with van der Waals surface area (Å²) in [6, 6.07) is 0. The van der Waals surface area contributed by atoms with E-state index in [9.17, 15) is 13.2 Å². The van der Waals surface area contributed by atoms with E-state index in [0.29, 0.717) is 6.54 Å². The molecule has 2 heterocycles. The van der Waals surface area contributed by atoms with Crippen LogP contribution in [0.1, 0.15) is 30.2 Å². The van der Waals surface area contributed by atoms with Gasteiger partial charge in [0.25, 0.3) is 0 Å². The molecule has 8 heteroatoms. The maximum Gasteiger partial charge on any atom is 0.435 e. The van der Waals surface area contributed by atoms with Crippen molar-refractivity contribution in [3.8, 4) is 0 Å². The number of aromatic nitrogens is 4. The van der Waals surface area contributed by atoms with Gasteiger partial charge in [-0.05, 0) is 6.42 Å². The van der Waals surface area contributed by atoms with Crippen LogP contribution < -0.4 is 5.32 Å². The fourth-order valence-corrected chi connectivity index (χ4v) is 2.10. The highest BCUT2D eigenvalue weighted by Gasteiger charge is 2.36. The smallest absolute Gasteiger partial charge is 0.308 e. The monoisotopic (exact) mass is 301 g/mol. The molecule has 2 rings (SSSR count). The van der Waals surface area contributed by atoms with Gasteiger partial charge in [-0.15, -0.1) is 0 Å². The summed E-state index contributed by atoms with van der Waals surface area (Å²) in [5, 5.41) is 10.6. The highest BCUT2D eigenvalue weighted by molar-refractivity contribution is 5.20. The van der Waals surface area contributed by atoms with Crippen molar-refractivity contribution in [2.75, 3.05) is 0 Å². The van der Waals surface area contributed by atoms with Gasteiger partial charge in [0.05, 0.1) is 6.20 Å². The summed E-state index contributed by atoms with van der Waals surface area (Å²) in [6.45, 7) is 3.47. The first kappa shape index (κ1) is 15.6. The number of hydrogen-bond acceptors (Lipinski definition) is 3. The zero-order valence-electron chi connectivity index (χ0n) is 12.0. The molecule has 0 saturated carbocycles. The van der Waals surface area contributed by atoms with Crippen molar-refractivity contribution in [2.24, 2.45) is 7.05 Å². The Morgan fingerprint density at radius 2 is 2.00 bits per heavy atom. The number of nitrogens with one attached hydrogen (secondary N) is 1. The van der Waals surface area contributed by atoms with Crippen LogP contribution in [0.25, 0.3) is 0 Å². The first-order valence-electron chi connectivity index (χ1n) is 6.72. The molecule has 2 aromatic heterocycles. The third kappa shape index (κ3) is 4.07. The van der Waals surface area contributed by atoms with E-state index in [4.69, 9.17) is 0 Å². The number of alkyl halides is 3. The van der Waals surface area contributed by atoms with Crippen molar-refractivity contribution in [3.05, 3.63) is 35.4 Å². The van der Waals surface area contributed by atoms with Gasteiger partial charge in [0.15, 0.2) is 5.69 Å². The molecular weight excluding hydrogens is 283 g/mol. The molecule has 0 spiro atoms. The van der Waals surface area contributed by atoms with Crippen molar-refractivity contribution in [2.45, 2.75) is 39.2 Å². The number of nitrogens with zero attached hydrogens (tertiary/aromatic N) is 4. The molecule has 116 valence electrons. The maximum atomic E-state index is 12.8. The third-order valence-electron chi connectivity index (χ3n) is 2.96. The summed E-state index contributed by atoms with van der Waals surface area (Å²) in [5.74, 6) is 0. The predicted molar refractivity (Wildman–Crippen MR) is 71.3 cm³/mol. The Hall–Kier alpha value is -1.83. The fraction of sp³-hybridized carbons (Fsp3) is 0.538. The molecule has 0 aliphatic rings. The summed E-state index contributed by atoms with van der Waals surface area (Å²) >= 11 is 0. The second-order valence-corrected chi connectivity index (χ2v) is 4.89. The van der Waals surface area contributed by atoms with E-state index in [1.165, 1.54) is 17.9 Å². The zero-order chi connectivity index (χ0) is 15.5. The van der Waals surface area contributed by atoms with E-state index < -0.39 is 11.9 Å². The molecule has 0 aliphatic heterocycles. The van der Waals surface area contributed by atoms with Crippen LogP contribution >= 0.6 is 0 Å². The van der Waals surface area contributed by atoms with Crippen LogP contribution in [-0.4, -0.2) is 19.6 Å². The van der Waals surface area contributed by atoms with E-state index in [0.717, 1.165) is 18.5 Å². The van der Waals surface area contributed by atoms with Gasteiger partial charge in [-0.1, -0.05) is 6.92 Å². The van der Waals surface area contributed by atoms with Gasteiger partial charge in [-0.25, -0.2) is 0 Å². The normalized spacial score (nSPS) is 12.0. The quantitative estimate of drug-likeness (QED) is 0.891. The molecule has 2 aromatic rings. The minimum atomic E-state index is -4.43. The molecule has 0 radical (unpaired) electrons. The lowest BCUT2D eigenvalue weighted by Crippen LogP contribution is -2.16. The molecule has 0 fully saturated rings. The Kier molecular flexibility index (Phi) is 4.66. The highest BCUT2D eigenvalue weighted by atomic mass is 19.4. The summed E-state index contributed by atoms with van der Waals surface area (Å²) in [7, 11) is 1.48. The second kappa shape index (κ2) is 6.30. The van der Waals surface area contributed by atoms with Gasteiger partial charge in [-0.3, -0.25) is 9.36 Å². The average molecular weight is 301 g/mol. The minimum absolute atomic E-state index is 0.113. The first-order valence-corrected chi connectivity index (χ1v) is 6.72. The van der Waals surface area contributed by atoms with Crippen molar-refractivity contribution in [1.29, 1.82) is 0 Å². The molecule has 0 aromatic carbocycles. The lowest BCUT2D eigenvalue weighted by molar-refractivity contribution is -0.142. The van der Waals surface area contributed by atoms with Crippen molar-refractivity contribution in [3.63, 3.8) is 0 Å².